The van der Waals surface area contributed by atoms with Gasteiger partial charge in [-0.3, -0.25) is 14.4 Å². The standard InChI is InChI=1S/C23H37NO4/c1-3-4-5-6-9-12-15-19(20-18-22(26)28-23(20)27)16-13-10-7-8-11-14-17-21(25)24-2/h13,16,19-20H,2-12,14-15,17-18H2,1H3/b16-13+. The number of allylic oxidation sites excluding steroid dienone is 2. The zero-order valence-corrected chi connectivity index (χ0v) is 17.5. The highest BCUT2D eigenvalue weighted by Gasteiger charge is 2.37. The first-order chi connectivity index (χ1) is 13.6. The van der Waals surface area contributed by atoms with Crippen molar-refractivity contribution in [1.82, 2.24) is 0 Å². The third-order valence-corrected chi connectivity index (χ3v) is 5.38. The number of esters is 2. The van der Waals surface area contributed by atoms with E-state index in [4.69, 9.17) is 4.74 Å². The lowest BCUT2D eigenvalue weighted by Crippen LogP contribution is -2.18. The Morgan fingerprint density at radius 3 is 2.46 bits per heavy atom. The van der Waals surface area contributed by atoms with Crippen LogP contribution < -0.4 is 0 Å². The van der Waals surface area contributed by atoms with Gasteiger partial charge in [0, 0.05) is 6.42 Å². The van der Waals surface area contributed by atoms with Crippen molar-refractivity contribution >= 4 is 24.6 Å². The highest BCUT2D eigenvalue weighted by atomic mass is 16.6. The van der Waals surface area contributed by atoms with Crippen molar-refractivity contribution in [3.05, 3.63) is 12.2 Å². The van der Waals surface area contributed by atoms with Crippen LogP contribution in [-0.2, 0) is 19.1 Å². The lowest BCUT2D eigenvalue weighted by atomic mass is 9.86. The molecule has 2 atom stereocenters. The molecule has 0 bridgehead atoms. The lowest BCUT2D eigenvalue weighted by Gasteiger charge is -2.16. The summed E-state index contributed by atoms with van der Waals surface area (Å²) in [5.41, 5.74) is 0. The van der Waals surface area contributed by atoms with Crippen molar-refractivity contribution in [2.75, 3.05) is 0 Å². The number of nitrogens with zero attached hydrogens (tertiary/aromatic N) is 1. The van der Waals surface area contributed by atoms with Gasteiger partial charge in [-0.1, -0.05) is 70.4 Å². The highest BCUT2D eigenvalue weighted by Crippen LogP contribution is 2.30. The largest absolute Gasteiger partial charge is 0.393 e. The van der Waals surface area contributed by atoms with Crippen LogP contribution in [0.2, 0.25) is 0 Å². The van der Waals surface area contributed by atoms with E-state index in [1.165, 1.54) is 32.1 Å². The third-order valence-electron chi connectivity index (χ3n) is 5.38. The van der Waals surface area contributed by atoms with Crippen LogP contribution in [0.5, 0.6) is 0 Å². The number of amides is 1. The van der Waals surface area contributed by atoms with E-state index in [1.54, 1.807) is 0 Å². The van der Waals surface area contributed by atoms with Crippen molar-refractivity contribution < 1.29 is 19.1 Å². The van der Waals surface area contributed by atoms with E-state index in [-0.39, 0.29) is 36.1 Å². The van der Waals surface area contributed by atoms with Crippen LogP contribution in [0.25, 0.3) is 0 Å². The average Bonchev–Trinajstić information content (AvgIpc) is 3.02. The summed E-state index contributed by atoms with van der Waals surface area (Å²) in [6.07, 6.45) is 18.2. The molecule has 0 aliphatic carbocycles. The van der Waals surface area contributed by atoms with Crippen LogP contribution in [-0.4, -0.2) is 24.6 Å². The van der Waals surface area contributed by atoms with Gasteiger partial charge in [0.15, 0.2) is 0 Å². The van der Waals surface area contributed by atoms with Crippen LogP contribution in [0.4, 0.5) is 0 Å². The number of hydrogen-bond donors (Lipinski definition) is 0. The van der Waals surface area contributed by atoms with Gasteiger partial charge in [0.05, 0.1) is 12.3 Å². The van der Waals surface area contributed by atoms with E-state index in [1.807, 2.05) is 0 Å². The molecule has 1 aliphatic rings. The monoisotopic (exact) mass is 391 g/mol. The molecule has 158 valence electrons. The second-order valence-electron chi connectivity index (χ2n) is 7.76. The second-order valence-corrected chi connectivity index (χ2v) is 7.76. The fourth-order valence-electron chi connectivity index (χ4n) is 3.65. The Morgan fingerprint density at radius 2 is 1.79 bits per heavy atom. The molecule has 2 unspecified atom stereocenters. The summed E-state index contributed by atoms with van der Waals surface area (Å²) in [7, 11) is 0. The van der Waals surface area contributed by atoms with Gasteiger partial charge in [-0.2, -0.15) is 0 Å². The lowest BCUT2D eigenvalue weighted by molar-refractivity contribution is -0.153. The van der Waals surface area contributed by atoms with E-state index < -0.39 is 0 Å². The molecular weight excluding hydrogens is 354 g/mol. The van der Waals surface area contributed by atoms with Gasteiger partial charge in [0.1, 0.15) is 0 Å². The van der Waals surface area contributed by atoms with E-state index in [2.05, 4.69) is 30.8 Å². The molecule has 5 heteroatoms. The van der Waals surface area contributed by atoms with Gasteiger partial charge >= 0.3 is 11.9 Å². The first-order valence-electron chi connectivity index (χ1n) is 11.0. The van der Waals surface area contributed by atoms with Crippen molar-refractivity contribution in [2.24, 2.45) is 16.8 Å². The fourth-order valence-corrected chi connectivity index (χ4v) is 3.65. The molecule has 1 fully saturated rings. The predicted molar refractivity (Wildman–Crippen MR) is 112 cm³/mol. The van der Waals surface area contributed by atoms with Crippen LogP contribution in [0.15, 0.2) is 17.1 Å². The topological polar surface area (TPSA) is 72.8 Å². The summed E-state index contributed by atoms with van der Waals surface area (Å²) >= 11 is 0. The maximum Gasteiger partial charge on any atom is 0.317 e. The minimum absolute atomic E-state index is 0.0985. The highest BCUT2D eigenvalue weighted by molar-refractivity contribution is 5.94. The van der Waals surface area contributed by atoms with E-state index in [9.17, 15) is 14.4 Å². The molecule has 1 amide bonds. The molecule has 1 heterocycles. The van der Waals surface area contributed by atoms with Crippen LogP contribution >= 0.6 is 0 Å². The van der Waals surface area contributed by atoms with Crippen LogP contribution in [0.3, 0.4) is 0 Å². The Bertz CT molecular complexity index is 527. The molecule has 0 N–H and O–H groups in total. The number of carbonyl (C=O) groups is 3. The summed E-state index contributed by atoms with van der Waals surface area (Å²) in [5, 5.41) is 0. The number of unbranched alkanes of at least 4 members (excludes halogenated alkanes) is 9. The van der Waals surface area contributed by atoms with Crippen molar-refractivity contribution in [1.29, 1.82) is 0 Å². The van der Waals surface area contributed by atoms with Crippen molar-refractivity contribution in [3.8, 4) is 0 Å². The minimum atomic E-state index is -0.389. The number of hydrogen-bond acceptors (Lipinski definition) is 4. The molecule has 0 aromatic rings. The molecule has 28 heavy (non-hydrogen) atoms. The van der Waals surface area contributed by atoms with Gasteiger partial charge in [-0.15, -0.1) is 0 Å². The smallest absolute Gasteiger partial charge is 0.317 e. The second kappa shape index (κ2) is 15.2. The SMILES string of the molecule is C=NC(=O)CCCCCC/C=C/C(CCCCCCCC)C1CC(=O)OC1=O. The van der Waals surface area contributed by atoms with Gasteiger partial charge in [0.25, 0.3) is 0 Å². The van der Waals surface area contributed by atoms with Gasteiger partial charge in [-0.05, 0) is 38.3 Å². The fraction of sp³-hybridized carbons (Fsp3) is 0.739. The summed E-state index contributed by atoms with van der Waals surface area (Å²) in [5.74, 6) is -1.08. The van der Waals surface area contributed by atoms with E-state index in [0.717, 1.165) is 44.9 Å². The number of cyclic esters (lactones) is 2. The van der Waals surface area contributed by atoms with Crippen LogP contribution in [0, 0.1) is 11.8 Å². The molecule has 0 radical (unpaired) electrons. The van der Waals surface area contributed by atoms with E-state index >= 15 is 0 Å². The Kier molecular flexibility index (Phi) is 13.2. The van der Waals surface area contributed by atoms with Crippen molar-refractivity contribution in [3.63, 3.8) is 0 Å². The normalized spacial score (nSPS) is 17.8. The number of carbonyl (C=O) groups excluding carboxylic acids is 3. The van der Waals surface area contributed by atoms with Gasteiger partial charge in [-0.25, -0.2) is 4.99 Å². The number of rotatable bonds is 16. The molecule has 5 nitrogen and oxygen atoms in total. The summed E-state index contributed by atoms with van der Waals surface area (Å²) < 4.78 is 4.76. The number of ether oxygens (including phenoxy) is 1. The summed E-state index contributed by atoms with van der Waals surface area (Å²) in [6, 6.07) is 0. The van der Waals surface area contributed by atoms with Gasteiger partial charge in [0.2, 0.25) is 5.91 Å². The molecular formula is C23H37NO4. The molecule has 1 aliphatic heterocycles. The van der Waals surface area contributed by atoms with Crippen LogP contribution in [0.1, 0.15) is 96.8 Å². The molecule has 0 spiro atoms. The molecule has 0 saturated carbocycles. The summed E-state index contributed by atoms with van der Waals surface area (Å²) in [4.78, 5) is 37.9. The Hall–Kier alpha value is -1.78. The Morgan fingerprint density at radius 1 is 1.11 bits per heavy atom. The predicted octanol–water partition coefficient (Wildman–Crippen LogP) is 5.57. The number of aliphatic imine (C=N–C) groups is 1. The Balaban J connectivity index is 2.32. The maximum absolute atomic E-state index is 12.0. The average molecular weight is 392 g/mol. The third kappa shape index (κ3) is 10.5. The Labute approximate surface area is 170 Å². The van der Waals surface area contributed by atoms with Gasteiger partial charge < -0.3 is 4.74 Å². The molecule has 0 aromatic heterocycles. The van der Waals surface area contributed by atoms with E-state index in [0.29, 0.717) is 6.42 Å². The zero-order valence-electron chi connectivity index (χ0n) is 17.5. The molecule has 1 rings (SSSR count). The first-order valence-corrected chi connectivity index (χ1v) is 11.0. The first kappa shape index (κ1) is 24.3. The maximum atomic E-state index is 12.0. The zero-order chi connectivity index (χ0) is 20.6. The summed E-state index contributed by atoms with van der Waals surface area (Å²) in [6.45, 7) is 5.45. The van der Waals surface area contributed by atoms with Crippen molar-refractivity contribution in [2.45, 2.75) is 96.8 Å². The quantitative estimate of drug-likeness (QED) is 0.113. The molecule has 1 saturated heterocycles. The minimum Gasteiger partial charge on any atom is -0.393 e. The molecule has 0 aromatic carbocycles.